The molecule has 0 spiro atoms. The van der Waals surface area contributed by atoms with E-state index in [1.807, 2.05) is 6.20 Å². The zero-order valence-electron chi connectivity index (χ0n) is 10.6. The molecule has 4 nitrogen and oxygen atoms in total. The number of nitrogens with two attached hydrogens (primary N) is 1. The molecule has 0 saturated carbocycles. The Labute approximate surface area is 103 Å². The minimum Gasteiger partial charge on any atom is -0.373 e. The van der Waals surface area contributed by atoms with Crippen molar-refractivity contribution in [2.45, 2.75) is 32.5 Å². The molecule has 1 aromatic rings. The Morgan fingerprint density at radius 1 is 1.53 bits per heavy atom. The molecule has 0 atom stereocenters. The minimum atomic E-state index is -0.0397. The lowest BCUT2D eigenvalue weighted by molar-refractivity contribution is -0.0882. The monoisotopic (exact) mass is 235 g/mol. The fraction of sp³-hybridized carbons (Fsp3) is 0.615. The van der Waals surface area contributed by atoms with E-state index in [0.29, 0.717) is 6.54 Å². The highest BCUT2D eigenvalue weighted by Gasteiger charge is 2.26. The molecular formula is C13H21N3O. The van der Waals surface area contributed by atoms with Crippen LogP contribution in [0.25, 0.3) is 0 Å². The third-order valence-electron chi connectivity index (χ3n) is 3.00. The van der Waals surface area contributed by atoms with E-state index in [0.717, 1.165) is 31.9 Å². The molecule has 94 valence electrons. The summed E-state index contributed by atoms with van der Waals surface area (Å²) >= 11 is 0. The number of ether oxygens (including phenoxy) is 1. The van der Waals surface area contributed by atoms with Crippen LogP contribution in [-0.4, -0.2) is 35.2 Å². The molecule has 1 aromatic heterocycles. The zero-order valence-corrected chi connectivity index (χ0v) is 10.6. The van der Waals surface area contributed by atoms with Crippen molar-refractivity contribution < 1.29 is 4.74 Å². The van der Waals surface area contributed by atoms with Gasteiger partial charge in [-0.1, -0.05) is 0 Å². The van der Waals surface area contributed by atoms with Gasteiger partial charge in [0, 0.05) is 32.4 Å². The Morgan fingerprint density at radius 3 is 3.06 bits per heavy atom. The molecule has 4 heteroatoms. The smallest absolute Gasteiger partial charge is 0.0753 e. The van der Waals surface area contributed by atoms with Crippen LogP contribution in [-0.2, 0) is 17.8 Å². The maximum absolute atomic E-state index is 5.70. The highest BCUT2D eigenvalue weighted by Crippen LogP contribution is 2.18. The Hall–Kier alpha value is -0.970. The van der Waals surface area contributed by atoms with Crippen molar-refractivity contribution in [3.05, 3.63) is 29.6 Å². The van der Waals surface area contributed by atoms with Crippen LogP contribution in [0.5, 0.6) is 0 Å². The highest BCUT2D eigenvalue weighted by molar-refractivity contribution is 5.16. The second-order valence-electron chi connectivity index (χ2n) is 5.18. The van der Waals surface area contributed by atoms with Crippen LogP contribution in [0.3, 0.4) is 0 Å². The van der Waals surface area contributed by atoms with E-state index in [9.17, 15) is 0 Å². The normalized spacial score (nSPS) is 20.4. The molecule has 2 N–H and O–H groups in total. The van der Waals surface area contributed by atoms with Crippen LogP contribution in [0.4, 0.5) is 0 Å². The van der Waals surface area contributed by atoms with Gasteiger partial charge in [0.05, 0.1) is 17.9 Å². The Balaban J connectivity index is 2.00. The van der Waals surface area contributed by atoms with Gasteiger partial charge in [0.15, 0.2) is 0 Å². The van der Waals surface area contributed by atoms with Crippen molar-refractivity contribution in [2.75, 3.05) is 19.7 Å². The SMILES string of the molecule is CC1(C)CN(Cc2ccnc(CN)c2)CCO1. The third kappa shape index (κ3) is 3.49. The number of nitrogens with zero attached hydrogens (tertiary/aromatic N) is 2. The quantitative estimate of drug-likeness (QED) is 0.854. The van der Waals surface area contributed by atoms with Gasteiger partial charge in [-0.3, -0.25) is 9.88 Å². The molecule has 0 radical (unpaired) electrons. The molecule has 0 unspecified atom stereocenters. The first-order valence-corrected chi connectivity index (χ1v) is 6.09. The summed E-state index contributed by atoms with van der Waals surface area (Å²) in [6.45, 7) is 8.48. The maximum atomic E-state index is 5.70. The van der Waals surface area contributed by atoms with Gasteiger partial charge in [-0.25, -0.2) is 0 Å². The van der Waals surface area contributed by atoms with Crippen LogP contribution in [0.1, 0.15) is 25.1 Å². The second kappa shape index (κ2) is 5.12. The second-order valence-corrected chi connectivity index (χ2v) is 5.18. The van der Waals surface area contributed by atoms with Gasteiger partial charge in [0.2, 0.25) is 0 Å². The molecule has 0 amide bonds. The van der Waals surface area contributed by atoms with Gasteiger partial charge in [0.1, 0.15) is 0 Å². The van der Waals surface area contributed by atoms with E-state index in [2.05, 4.69) is 35.9 Å². The number of hydrogen-bond donors (Lipinski definition) is 1. The summed E-state index contributed by atoms with van der Waals surface area (Å²) < 4.78 is 5.70. The van der Waals surface area contributed by atoms with Crippen LogP contribution >= 0.6 is 0 Å². The Kier molecular flexibility index (Phi) is 3.76. The molecule has 0 aromatic carbocycles. The topological polar surface area (TPSA) is 51.4 Å². The van der Waals surface area contributed by atoms with Gasteiger partial charge in [-0.15, -0.1) is 0 Å². The minimum absolute atomic E-state index is 0.0397. The maximum Gasteiger partial charge on any atom is 0.0753 e. The molecule has 0 aliphatic carbocycles. The largest absolute Gasteiger partial charge is 0.373 e. The number of hydrogen-bond acceptors (Lipinski definition) is 4. The lowest BCUT2D eigenvalue weighted by atomic mass is 10.1. The van der Waals surface area contributed by atoms with Gasteiger partial charge in [-0.2, -0.15) is 0 Å². The van der Waals surface area contributed by atoms with Crippen molar-refractivity contribution in [3.63, 3.8) is 0 Å². The fourth-order valence-corrected chi connectivity index (χ4v) is 2.25. The lowest BCUT2D eigenvalue weighted by Gasteiger charge is -2.38. The molecule has 2 heterocycles. The third-order valence-corrected chi connectivity index (χ3v) is 3.00. The summed E-state index contributed by atoms with van der Waals surface area (Å²) in [7, 11) is 0. The van der Waals surface area contributed by atoms with E-state index in [1.165, 1.54) is 5.56 Å². The fourth-order valence-electron chi connectivity index (χ4n) is 2.25. The molecule has 17 heavy (non-hydrogen) atoms. The van der Waals surface area contributed by atoms with E-state index >= 15 is 0 Å². The zero-order chi connectivity index (χ0) is 12.3. The molecule has 1 saturated heterocycles. The van der Waals surface area contributed by atoms with E-state index in [1.54, 1.807) is 0 Å². The Bertz CT molecular complexity index is 379. The first-order valence-electron chi connectivity index (χ1n) is 6.09. The van der Waals surface area contributed by atoms with Crippen molar-refractivity contribution >= 4 is 0 Å². The average molecular weight is 235 g/mol. The summed E-state index contributed by atoms with van der Waals surface area (Å²) in [5.41, 5.74) is 7.79. The van der Waals surface area contributed by atoms with Crippen molar-refractivity contribution in [1.82, 2.24) is 9.88 Å². The van der Waals surface area contributed by atoms with E-state index in [-0.39, 0.29) is 5.60 Å². The summed E-state index contributed by atoms with van der Waals surface area (Å²) in [5, 5.41) is 0. The molecule has 1 fully saturated rings. The standard InChI is InChI=1S/C13H21N3O/c1-13(2)10-16(5-6-17-13)9-11-3-4-15-12(7-11)8-14/h3-4,7H,5-6,8-10,14H2,1-2H3. The van der Waals surface area contributed by atoms with Crippen LogP contribution < -0.4 is 5.73 Å². The first kappa shape index (κ1) is 12.5. The lowest BCUT2D eigenvalue weighted by Crippen LogP contribution is -2.47. The van der Waals surface area contributed by atoms with E-state index < -0.39 is 0 Å². The van der Waals surface area contributed by atoms with E-state index in [4.69, 9.17) is 10.5 Å². The first-order chi connectivity index (χ1) is 8.09. The summed E-state index contributed by atoms with van der Waals surface area (Å²) in [6, 6.07) is 4.14. The molecular weight excluding hydrogens is 214 g/mol. The van der Waals surface area contributed by atoms with Crippen LogP contribution in [0, 0.1) is 0 Å². The highest BCUT2D eigenvalue weighted by atomic mass is 16.5. The van der Waals surface area contributed by atoms with Gasteiger partial charge < -0.3 is 10.5 Å². The average Bonchev–Trinajstić information content (AvgIpc) is 2.28. The predicted molar refractivity (Wildman–Crippen MR) is 67.4 cm³/mol. The molecule has 1 aliphatic rings. The van der Waals surface area contributed by atoms with Crippen molar-refractivity contribution in [1.29, 1.82) is 0 Å². The van der Waals surface area contributed by atoms with Crippen molar-refractivity contribution in [2.24, 2.45) is 5.73 Å². The number of morpholine rings is 1. The number of rotatable bonds is 3. The predicted octanol–water partition coefficient (Wildman–Crippen LogP) is 1.15. The summed E-state index contributed by atoms with van der Waals surface area (Å²) in [5.74, 6) is 0. The van der Waals surface area contributed by atoms with Crippen LogP contribution in [0.2, 0.25) is 0 Å². The molecule has 0 bridgehead atoms. The Morgan fingerprint density at radius 2 is 2.35 bits per heavy atom. The van der Waals surface area contributed by atoms with Gasteiger partial charge in [-0.05, 0) is 31.5 Å². The number of aromatic nitrogens is 1. The summed E-state index contributed by atoms with van der Waals surface area (Å²) in [6.07, 6.45) is 1.84. The van der Waals surface area contributed by atoms with Gasteiger partial charge >= 0.3 is 0 Å². The summed E-state index contributed by atoms with van der Waals surface area (Å²) in [4.78, 5) is 6.63. The number of pyridine rings is 1. The van der Waals surface area contributed by atoms with Crippen molar-refractivity contribution in [3.8, 4) is 0 Å². The molecule has 2 rings (SSSR count). The van der Waals surface area contributed by atoms with Crippen LogP contribution in [0.15, 0.2) is 18.3 Å². The van der Waals surface area contributed by atoms with Gasteiger partial charge in [0.25, 0.3) is 0 Å². The molecule has 1 aliphatic heterocycles.